The standard InChI is InChI=1S/C25H33N3O5S/c1-19(24(29)26-16-6-9-20-7-4-3-5-8-20)27-25(30)21-14-17-28(18-15-21)34(31,32)23-12-10-22(33-2)11-13-23/h3-5,7-8,10-13,19,21H,6,9,14-18H2,1-2H3,(H,26,29)(H,27,30). The van der Waals surface area contributed by atoms with Gasteiger partial charge in [0.05, 0.1) is 12.0 Å². The fourth-order valence-electron chi connectivity index (χ4n) is 3.95. The van der Waals surface area contributed by atoms with Gasteiger partial charge in [-0.2, -0.15) is 4.31 Å². The third kappa shape index (κ3) is 6.80. The van der Waals surface area contributed by atoms with Crippen molar-refractivity contribution >= 4 is 21.8 Å². The Kier molecular flexibility index (Phi) is 9.06. The summed E-state index contributed by atoms with van der Waals surface area (Å²) in [6, 6.07) is 15.7. The number of hydrogen-bond acceptors (Lipinski definition) is 5. The van der Waals surface area contributed by atoms with E-state index in [0.29, 0.717) is 25.1 Å². The molecular weight excluding hydrogens is 454 g/mol. The molecule has 1 aliphatic heterocycles. The quantitative estimate of drug-likeness (QED) is 0.501. The van der Waals surface area contributed by atoms with Gasteiger partial charge in [0.2, 0.25) is 21.8 Å². The van der Waals surface area contributed by atoms with Crippen LogP contribution in [0.1, 0.15) is 31.7 Å². The number of carbonyl (C=O) groups is 2. The highest BCUT2D eigenvalue weighted by atomic mass is 32.2. The maximum absolute atomic E-state index is 12.9. The van der Waals surface area contributed by atoms with E-state index in [1.807, 2.05) is 18.2 Å². The van der Waals surface area contributed by atoms with E-state index in [1.54, 1.807) is 19.1 Å². The van der Waals surface area contributed by atoms with Crippen LogP contribution in [0, 0.1) is 5.92 Å². The summed E-state index contributed by atoms with van der Waals surface area (Å²) < 4.78 is 32.2. The second kappa shape index (κ2) is 12.0. The Morgan fingerprint density at radius 3 is 2.32 bits per heavy atom. The summed E-state index contributed by atoms with van der Waals surface area (Å²) in [5.41, 5.74) is 1.22. The molecule has 3 rings (SSSR count). The first-order valence-electron chi connectivity index (χ1n) is 11.6. The molecule has 1 heterocycles. The van der Waals surface area contributed by atoms with Gasteiger partial charge in [0, 0.05) is 25.6 Å². The average molecular weight is 488 g/mol. The SMILES string of the molecule is COc1ccc(S(=O)(=O)N2CCC(C(=O)NC(C)C(=O)NCCCc3ccccc3)CC2)cc1. The van der Waals surface area contributed by atoms with Crippen molar-refractivity contribution in [1.82, 2.24) is 14.9 Å². The van der Waals surface area contributed by atoms with Crippen LogP contribution in [0.15, 0.2) is 59.5 Å². The monoisotopic (exact) mass is 487 g/mol. The molecule has 2 aromatic carbocycles. The minimum absolute atomic E-state index is 0.203. The molecule has 1 fully saturated rings. The molecule has 34 heavy (non-hydrogen) atoms. The third-order valence-electron chi connectivity index (χ3n) is 6.06. The van der Waals surface area contributed by atoms with E-state index in [4.69, 9.17) is 4.74 Å². The average Bonchev–Trinajstić information content (AvgIpc) is 2.87. The molecule has 184 valence electrons. The molecule has 0 radical (unpaired) electrons. The summed E-state index contributed by atoms with van der Waals surface area (Å²) in [7, 11) is -2.10. The van der Waals surface area contributed by atoms with Gasteiger partial charge in [0.1, 0.15) is 11.8 Å². The summed E-state index contributed by atoms with van der Waals surface area (Å²) in [4.78, 5) is 25.2. The summed E-state index contributed by atoms with van der Waals surface area (Å²) in [5.74, 6) is -0.173. The number of rotatable bonds is 10. The molecule has 8 nitrogen and oxygen atoms in total. The van der Waals surface area contributed by atoms with Crippen molar-refractivity contribution in [1.29, 1.82) is 0 Å². The summed E-state index contributed by atoms with van der Waals surface area (Å²) in [6.07, 6.45) is 2.51. The van der Waals surface area contributed by atoms with Gasteiger partial charge in [-0.15, -0.1) is 0 Å². The number of nitrogens with zero attached hydrogens (tertiary/aromatic N) is 1. The fourth-order valence-corrected chi connectivity index (χ4v) is 5.42. The zero-order chi connectivity index (χ0) is 24.6. The minimum Gasteiger partial charge on any atom is -0.497 e. The molecule has 0 aromatic heterocycles. The van der Waals surface area contributed by atoms with Crippen molar-refractivity contribution in [2.24, 2.45) is 5.92 Å². The number of aryl methyl sites for hydroxylation is 1. The molecule has 0 aliphatic carbocycles. The second-order valence-electron chi connectivity index (χ2n) is 8.46. The first-order valence-corrected chi connectivity index (χ1v) is 13.0. The zero-order valence-electron chi connectivity index (χ0n) is 19.7. The van der Waals surface area contributed by atoms with Crippen LogP contribution in [0.25, 0.3) is 0 Å². The summed E-state index contributed by atoms with van der Waals surface area (Å²) >= 11 is 0. The number of nitrogens with one attached hydrogen (secondary N) is 2. The van der Waals surface area contributed by atoms with Crippen molar-refractivity contribution in [2.45, 2.75) is 43.5 Å². The van der Waals surface area contributed by atoms with Crippen LogP contribution in [0.4, 0.5) is 0 Å². The van der Waals surface area contributed by atoms with Crippen molar-refractivity contribution < 1.29 is 22.7 Å². The number of methoxy groups -OCH3 is 1. The largest absolute Gasteiger partial charge is 0.497 e. The molecule has 0 bridgehead atoms. The minimum atomic E-state index is -3.62. The fraction of sp³-hybridized carbons (Fsp3) is 0.440. The number of ether oxygens (including phenoxy) is 1. The Labute approximate surface area is 201 Å². The lowest BCUT2D eigenvalue weighted by molar-refractivity contribution is -0.131. The molecule has 1 saturated heterocycles. The van der Waals surface area contributed by atoms with Crippen molar-refractivity contribution in [3.63, 3.8) is 0 Å². The normalized spacial score (nSPS) is 15.9. The van der Waals surface area contributed by atoms with Gasteiger partial charge >= 0.3 is 0 Å². The molecule has 1 unspecified atom stereocenters. The zero-order valence-corrected chi connectivity index (χ0v) is 20.5. The molecule has 0 spiro atoms. The molecule has 1 atom stereocenters. The molecule has 2 aromatic rings. The Morgan fingerprint density at radius 2 is 1.71 bits per heavy atom. The molecule has 9 heteroatoms. The molecule has 1 aliphatic rings. The number of benzene rings is 2. The van der Waals surface area contributed by atoms with Crippen molar-refractivity contribution in [3.8, 4) is 5.75 Å². The number of hydrogen-bond donors (Lipinski definition) is 2. The lowest BCUT2D eigenvalue weighted by atomic mass is 9.97. The summed E-state index contributed by atoms with van der Waals surface area (Å²) in [5, 5.41) is 5.64. The smallest absolute Gasteiger partial charge is 0.243 e. The highest BCUT2D eigenvalue weighted by Crippen LogP contribution is 2.25. The van der Waals surface area contributed by atoms with Gasteiger partial charge in [0.25, 0.3) is 0 Å². The molecule has 0 saturated carbocycles. The number of amides is 2. The maximum atomic E-state index is 12.9. The number of piperidine rings is 1. The Balaban J connectivity index is 1.41. The van der Waals surface area contributed by atoms with Crippen LogP contribution in [0.2, 0.25) is 0 Å². The van der Waals surface area contributed by atoms with E-state index in [0.717, 1.165) is 12.8 Å². The van der Waals surface area contributed by atoms with Crippen molar-refractivity contribution in [2.75, 3.05) is 26.7 Å². The highest BCUT2D eigenvalue weighted by molar-refractivity contribution is 7.89. The van der Waals surface area contributed by atoms with Crippen LogP contribution in [0.3, 0.4) is 0 Å². The first-order chi connectivity index (χ1) is 16.3. The number of sulfonamides is 1. The van der Waals surface area contributed by atoms with Crippen LogP contribution < -0.4 is 15.4 Å². The molecule has 2 amide bonds. The topological polar surface area (TPSA) is 105 Å². The van der Waals surface area contributed by atoms with Crippen LogP contribution in [0.5, 0.6) is 5.75 Å². The van der Waals surface area contributed by atoms with E-state index in [2.05, 4.69) is 22.8 Å². The molecule has 2 N–H and O–H groups in total. The Hall–Kier alpha value is -2.91. The van der Waals surface area contributed by atoms with Crippen LogP contribution in [-0.2, 0) is 26.0 Å². The summed E-state index contributed by atoms with van der Waals surface area (Å²) in [6.45, 7) is 2.71. The van der Waals surface area contributed by atoms with Gasteiger partial charge < -0.3 is 15.4 Å². The van der Waals surface area contributed by atoms with Gasteiger partial charge in [-0.3, -0.25) is 9.59 Å². The van der Waals surface area contributed by atoms with Crippen molar-refractivity contribution in [3.05, 3.63) is 60.2 Å². The van der Waals surface area contributed by atoms with E-state index in [9.17, 15) is 18.0 Å². The predicted molar refractivity (Wildman–Crippen MR) is 130 cm³/mol. The molecular formula is C25H33N3O5S. The van der Waals surface area contributed by atoms with Crippen LogP contribution >= 0.6 is 0 Å². The lowest BCUT2D eigenvalue weighted by Gasteiger charge is -2.31. The van der Waals surface area contributed by atoms with Crippen LogP contribution in [-0.4, -0.2) is 57.3 Å². The maximum Gasteiger partial charge on any atom is 0.243 e. The van der Waals surface area contributed by atoms with Gasteiger partial charge in [-0.05, 0) is 62.4 Å². The van der Waals surface area contributed by atoms with E-state index >= 15 is 0 Å². The van der Waals surface area contributed by atoms with Gasteiger partial charge in [-0.1, -0.05) is 30.3 Å². The Morgan fingerprint density at radius 1 is 1.06 bits per heavy atom. The van der Waals surface area contributed by atoms with E-state index in [-0.39, 0.29) is 35.7 Å². The van der Waals surface area contributed by atoms with E-state index < -0.39 is 16.1 Å². The Bertz CT molecular complexity index is 1050. The second-order valence-corrected chi connectivity index (χ2v) is 10.4. The van der Waals surface area contributed by atoms with Gasteiger partial charge in [0.15, 0.2) is 0 Å². The van der Waals surface area contributed by atoms with E-state index in [1.165, 1.54) is 29.1 Å². The lowest BCUT2D eigenvalue weighted by Crippen LogP contribution is -2.49. The number of carbonyl (C=O) groups excluding carboxylic acids is 2. The first kappa shape index (κ1) is 25.7. The van der Waals surface area contributed by atoms with Gasteiger partial charge in [-0.25, -0.2) is 8.42 Å². The third-order valence-corrected chi connectivity index (χ3v) is 7.97. The highest BCUT2D eigenvalue weighted by Gasteiger charge is 2.32. The predicted octanol–water partition coefficient (Wildman–Crippen LogP) is 2.35.